The van der Waals surface area contributed by atoms with E-state index in [1.54, 1.807) is 17.3 Å². The highest BCUT2D eigenvalue weighted by Crippen LogP contribution is 2.38. The standard InChI is InChI=1S/C21H21F3N4O2/c22-16-5-13(6-17(23)20(16)24)21(29)28-4-3-27-11-15(7-14(27)10-28)30-19-9-25-18(8-26-19)12-1-2-12/h5-6,8-9,12,14-15H,1-4,7,10-11H2/t14-,15+/m0/s1. The van der Waals surface area contributed by atoms with Crippen molar-refractivity contribution in [2.45, 2.75) is 37.3 Å². The van der Waals surface area contributed by atoms with Gasteiger partial charge in [-0.05, 0) is 25.0 Å². The Kier molecular flexibility index (Phi) is 4.85. The lowest BCUT2D eigenvalue weighted by Crippen LogP contribution is -2.52. The smallest absolute Gasteiger partial charge is 0.254 e. The first kappa shape index (κ1) is 19.3. The Balaban J connectivity index is 1.21. The first-order chi connectivity index (χ1) is 14.5. The van der Waals surface area contributed by atoms with Gasteiger partial charge in [0, 0.05) is 50.1 Å². The Morgan fingerprint density at radius 2 is 1.80 bits per heavy atom. The second-order valence-corrected chi connectivity index (χ2v) is 8.18. The number of aromatic nitrogens is 2. The average molecular weight is 418 g/mol. The number of hydrogen-bond donors (Lipinski definition) is 0. The maximum absolute atomic E-state index is 13.5. The van der Waals surface area contributed by atoms with Gasteiger partial charge >= 0.3 is 0 Å². The van der Waals surface area contributed by atoms with E-state index in [1.807, 2.05) is 0 Å². The van der Waals surface area contributed by atoms with Crippen molar-refractivity contribution >= 4 is 5.91 Å². The fourth-order valence-electron chi connectivity index (χ4n) is 4.28. The predicted molar refractivity (Wildman–Crippen MR) is 101 cm³/mol. The number of benzene rings is 1. The van der Waals surface area contributed by atoms with Crippen LogP contribution in [0.2, 0.25) is 0 Å². The van der Waals surface area contributed by atoms with Crippen LogP contribution in [0, 0.1) is 17.5 Å². The van der Waals surface area contributed by atoms with Crippen LogP contribution in [0.1, 0.15) is 41.2 Å². The summed E-state index contributed by atoms with van der Waals surface area (Å²) in [6.07, 6.45) is 6.42. The van der Waals surface area contributed by atoms with Crippen molar-refractivity contribution in [3.63, 3.8) is 0 Å². The van der Waals surface area contributed by atoms with Gasteiger partial charge in [0.1, 0.15) is 6.10 Å². The third-order valence-corrected chi connectivity index (χ3v) is 6.03. The summed E-state index contributed by atoms with van der Waals surface area (Å²) in [7, 11) is 0. The molecule has 0 spiro atoms. The molecular formula is C21H21F3N4O2. The number of ether oxygens (including phenoxy) is 1. The molecule has 2 saturated heterocycles. The van der Waals surface area contributed by atoms with E-state index in [4.69, 9.17) is 4.74 Å². The fraction of sp³-hybridized carbons (Fsp3) is 0.476. The van der Waals surface area contributed by atoms with Crippen molar-refractivity contribution in [2.75, 3.05) is 26.2 Å². The quantitative estimate of drug-likeness (QED) is 0.715. The zero-order chi connectivity index (χ0) is 20.8. The molecule has 30 heavy (non-hydrogen) atoms. The van der Waals surface area contributed by atoms with Crippen LogP contribution in [-0.2, 0) is 0 Å². The third-order valence-electron chi connectivity index (χ3n) is 6.03. The molecule has 0 N–H and O–H groups in total. The Labute approximate surface area is 171 Å². The molecule has 158 valence electrons. The van der Waals surface area contributed by atoms with Crippen molar-refractivity contribution in [3.8, 4) is 5.88 Å². The van der Waals surface area contributed by atoms with Gasteiger partial charge in [-0.15, -0.1) is 0 Å². The zero-order valence-corrected chi connectivity index (χ0v) is 16.2. The summed E-state index contributed by atoms with van der Waals surface area (Å²) in [4.78, 5) is 25.2. The molecule has 0 unspecified atom stereocenters. The molecule has 9 heteroatoms. The van der Waals surface area contributed by atoms with Crippen LogP contribution in [0.5, 0.6) is 5.88 Å². The van der Waals surface area contributed by atoms with Crippen LogP contribution < -0.4 is 4.74 Å². The summed E-state index contributed by atoms with van der Waals surface area (Å²) >= 11 is 0. The van der Waals surface area contributed by atoms with Gasteiger partial charge in [-0.1, -0.05) is 0 Å². The SMILES string of the molecule is O=C(c1cc(F)c(F)c(F)c1)N1CCN2C[C@H](Oc3cnc(C4CC4)cn3)C[C@H]2C1. The Morgan fingerprint density at radius 1 is 1.03 bits per heavy atom. The van der Waals surface area contributed by atoms with E-state index in [9.17, 15) is 18.0 Å². The largest absolute Gasteiger partial charge is 0.472 e. The van der Waals surface area contributed by atoms with Gasteiger partial charge in [0.05, 0.1) is 18.1 Å². The lowest BCUT2D eigenvalue weighted by atomic mass is 10.1. The molecule has 0 radical (unpaired) electrons. The van der Waals surface area contributed by atoms with Crippen LogP contribution >= 0.6 is 0 Å². The maximum atomic E-state index is 13.5. The highest BCUT2D eigenvalue weighted by atomic mass is 19.2. The van der Waals surface area contributed by atoms with Crippen LogP contribution in [0.4, 0.5) is 13.2 Å². The maximum Gasteiger partial charge on any atom is 0.254 e. The minimum absolute atomic E-state index is 0.0631. The molecule has 3 fully saturated rings. The summed E-state index contributed by atoms with van der Waals surface area (Å²) in [5, 5.41) is 0. The number of fused-ring (bicyclic) bond motifs is 1. The third kappa shape index (κ3) is 3.74. The number of rotatable bonds is 4. The van der Waals surface area contributed by atoms with Gasteiger partial charge in [0.25, 0.3) is 5.91 Å². The van der Waals surface area contributed by atoms with Gasteiger partial charge in [-0.3, -0.25) is 14.7 Å². The van der Waals surface area contributed by atoms with Crippen LogP contribution in [-0.4, -0.2) is 64.0 Å². The summed E-state index contributed by atoms with van der Waals surface area (Å²) in [6, 6.07) is 1.58. The molecule has 5 rings (SSSR count). The number of piperazine rings is 1. The minimum atomic E-state index is -1.57. The number of carbonyl (C=O) groups is 1. The Morgan fingerprint density at radius 3 is 2.47 bits per heavy atom. The molecule has 3 aliphatic rings. The predicted octanol–water partition coefficient (Wildman–Crippen LogP) is 2.75. The topological polar surface area (TPSA) is 58.6 Å². The summed E-state index contributed by atoms with van der Waals surface area (Å²) in [5.74, 6) is -3.76. The molecule has 2 atom stereocenters. The average Bonchev–Trinajstić information content (AvgIpc) is 3.51. The molecule has 2 aliphatic heterocycles. The molecule has 0 bridgehead atoms. The van der Waals surface area contributed by atoms with Gasteiger partial charge in [-0.2, -0.15) is 0 Å². The number of carbonyl (C=O) groups excluding carboxylic acids is 1. The van der Waals surface area contributed by atoms with E-state index in [2.05, 4.69) is 14.9 Å². The van der Waals surface area contributed by atoms with Crippen molar-refractivity contribution < 1.29 is 22.7 Å². The van der Waals surface area contributed by atoms with Gasteiger partial charge in [-0.25, -0.2) is 18.2 Å². The first-order valence-corrected chi connectivity index (χ1v) is 10.1. The second kappa shape index (κ2) is 7.54. The summed E-state index contributed by atoms with van der Waals surface area (Å²) in [5.41, 5.74) is 0.825. The molecular weight excluding hydrogens is 397 g/mol. The Bertz CT molecular complexity index is 944. The molecule has 1 aromatic heterocycles. The van der Waals surface area contributed by atoms with Crippen molar-refractivity contribution in [3.05, 3.63) is 53.2 Å². The molecule has 1 amide bonds. The monoisotopic (exact) mass is 418 g/mol. The van der Waals surface area contributed by atoms with Crippen LogP contribution in [0.3, 0.4) is 0 Å². The van der Waals surface area contributed by atoms with Crippen molar-refractivity contribution in [1.29, 1.82) is 0 Å². The van der Waals surface area contributed by atoms with E-state index in [1.165, 1.54) is 12.8 Å². The number of halogens is 3. The van der Waals surface area contributed by atoms with Crippen LogP contribution in [0.25, 0.3) is 0 Å². The normalized spacial score (nSPS) is 24.0. The first-order valence-electron chi connectivity index (χ1n) is 10.1. The van der Waals surface area contributed by atoms with Crippen molar-refractivity contribution in [1.82, 2.24) is 19.8 Å². The lowest BCUT2D eigenvalue weighted by molar-refractivity contribution is 0.0568. The van der Waals surface area contributed by atoms with Gasteiger partial charge in [0.15, 0.2) is 17.5 Å². The summed E-state index contributed by atoms with van der Waals surface area (Å²) < 4.78 is 46.1. The molecule has 3 heterocycles. The van der Waals surface area contributed by atoms with E-state index in [-0.39, 0.29) is 17.7 Å². The minimum Gasteiger partial charge on any atom is -0.472 e. The number of nitrogens with zero attached hydrogens (tertiary/aromatic N) is 4. The van der Waals surface area contributed by atoms with Gasteiger partial charge < -0.3 is 9.64 Å². The zero-order valence-electron chi connectivity index (χ0n) is 16.2. The molecule has 1 aromatic carbocycles. The summed E-state index contributed by atoms with van der Waals surface area (Å²) in [6.45, 7) is 2.21. The number of amides is 1. The van der Waals surface area contributed by atoms with Crippen LogP contribution in [0.15, 0.2) is 24.5 Å². The molecule has 6 nitrogen and oxygen atoms in total. The lowest BCUT2D eigenvalue weighted by Gasteiger charge is -2.37. The molecule has 2 aromatic rings. The van der Waals surface area contributed by atoms with Gasteiger partial charge in [0.2, 0.25) is 5.88 Å². The second-order valence-electron chi connectivity index (χ2n) is 8.18. The molecule has 1 aliphatic carbocycles. The highest BCUT2D eigenvalue weighted by Gasteiger charge is 2.39. The van der Waals surface area contributed by atoms with E-state index < -0.39 is 23.4 Å². The highest BCUT2D eigenvalue weighted by molar-refractivity contribution is 5.94. The van der Waals surface area contributed by atoms with E-state index in [0.29, 0.717) is 37.9 Å². The number of hydrogen-bond acceptors (Lipinski definition) is 5. The van der Waals surface area contributed by atoms with E-state index >= 15 is 0 Å². The fourth-order valence-corrected chi connectivity index (χ4v) is 4.28. The van der Waals surface area contributed by atoms with E-state index in [0.717, 1.165) is 24.4 Å². The van der Waals surface area contributed by atoms with Crippen molar-refractivity contribution in [2.24, 2.45) is 0 Å². The molecule has 1 saturated carbocycles. The Hall–Kier alpha value is -2.68.